The van der Waals surface area contributed by atoms with Crippen molar-refractivity contribution in [1.29, 1.82) is 0 Å². The van der Waals surface area contributed by atoms with Crippen molar-refractivity contribution in [2.45, 2.75) is 20.0 Å². The molecule has 0 aliphatic heterocycles. The Labute approximate surface area is 148 Å². The van der Waals surface area contributed by atoms with Crippen LogP contribution in [0.1, 0.15) is 24.2 Å². The second-order valence-corrected chi connectivity index (χ2v) is 7.94. The molecule has 0 atom stereocenters. The Morgan fingerprint density at radius 3 is 2.44 bits per heavy atom. The maximum Gasteiger partial charge on any atom is 0.255 e. The minimum atomic E-state index is -3.39. The summed E-state index contributed by atoms with van der Waals surface area (Å²) in [7, 11) is -1.95. The Kier molecular flexibility index (Phi) is 5.69. The molecule has 2 rings (SSSR count). The van der Waals surface area contributed by atoms with Gasteiger partial charge in [0, 0.05) is 24.4 Å². The summed E-state index contributed by atoms with van der Waals surface area (Å²) < 4.78 is 30.0. The van der Waals surface area contributed by atoms with Crippen molar-refractivity contribution < 1.29 is 17.9 Å². The molecule has 1 amide bonds. The van der Waals surface area contributed by atoms with Gasteiger partial charge in [0.1, 0.15) is 5.75 Å². The Morgan fingerprint density at radius 2 is 1.80 bits per heavy atom. The van der Waals surface area contributed by atoms with E-state index in [-0.39, 0.29) is 12.0 Å². The van der Waals surface area contributed by atoms with Crippen LogP contribution in [0.2, 0.25) is 0 Å². The molecule has 7 heteroatoms. The summed E-state index contributed by atoms with van der Waals surface area (Å²) >= 11 is 0. The molecule has 0 aliphatic rings. The second-order valence-electron chi connectivity index (χ2n) is 5.93. The van der Waals surface area contributed by atoms with Crippen molar-refractivity contribution in [3.63, 3.8) is 0 Å². The van der Waals surface area contributed by atoms with Crippen LogP contribution >= 0.6 is 0 Å². The van der Waals surface area contributed by atoms with Gasteiger partial charge in [0.05, 0.1) is 18.0 Å². The van der Waals surface area contributed by atoms with Gasteiger partial charge in [-0.25, -0.2) is 8.42 Å². The largest absolute Gasteiger partial charge is 0.491 e. The van der Waals surface area contributed by atoms with Gasteiger partial charge in [-0.15, -0.1) is 0 Å². The highest BCUT2D eigenvalue weighted by Gasteiger charge is 2.14. The van der Waals surface area contributed by atoms with Gasteiger partial charge in [-0.3, -0.25) is 9.10 Å². The van der Waals surface area contributed by atoms with Gasteiger partial charge < -0.3 is 10.1 Å². The molecule has 0 radical (unpaired) electrons. The van der Waals surface area contributed by atoms with Gasteiger partial charge in [0.25, 0.3) is 5.91 Å². The summed E-state index contributed by atoms with van der Waals surface area (Å²) in [6.45, 7) is 3.85. The monoisotopic (exact) mass is 362 g/mol. The standard InChI is InChI=1S/C18H22N2O4S/c1-13(2)24-17-10-6-8-15(12-17)19-18(21)14-7-5-9-16(11-14)20(3)25(4,22)23/h5-13H,1-4H3,(H,19,21). The van der Waals surface area contributed by atoms with Gasteiger partial charge in [-0.1, -0.05) is 12.1 Å². The zero-order valence-corrected chi connectivity index (χ0v) is 15.5. The molecule has 6 nitrogen and oxygen atoms in total. The van der Waals surface area contributed by atoms with Crippen LogP contribution in [0, 0.1) is 0 Å². The number of benzene rings is 2. The molecule has 0 bridgehead atoms. The average molecular weight is 362 g/mol. The number of nitrogens with zero attached hydrogens (tertiary/aromatic N) is 1. The van der Waals surface area contributed by atoms with Crippen LogP contribution in [0.3, 0.4) is 0 Å². The van der Waals surface area contributed by atoms with Crippen molar-refractivity contribution in [3.05, 3.63) is 54.1 Å². The number of ether oxygens (including phenoxy) is 1. The smallest absolute Gasteiger partial charge is 0.255 e. The molecule has 0 aliphatic carbocycles. The summed E-state index contributed by atoms with van der Waals surface area (Å²) in [6.07, 6.45) is 1.15. The lowest BCUT2D eigenvalue weighted by atomic mass is 10.2. The summed E-state index contributed by atoms with van der Waals surface area (Å²) in [5.41, 5.74) is 1.39. The third kappa shape index (κ3) is 5.22. The Hall–Kier alpha value is -2.54. The van der Waals surface area contributed by atoms with E-state index in [0.29, 0.717) is 22.7 Å². The number of sulfonamides is 1. The molecule has 0 fully saturated rings. The maximum absolute atomic E-state index is 12.5. The molecule has 0 saturated heterocycles. The number of rotatable bonds is 6. The molecule has 1 N–H and O–H groups in total. The highest BCUT2D eigenvalue weighted by molar-refractivity contribution is 7.92. The quantitative estimate of drug-likeness (QED) is 0.857. The van der Waals surface area contributed by atoms with E-state index in [4.69, 9.17) is 4.74 Å². The second kappa shape index (κ2) is 7.57. The first-order valence-electron chi connectivity index (χ1n) is 7.79. The van der Waals surface area contributed by atoms with E-state index in [1.165, 1.54) is 13.1 Å². The number of nitrogens with one attached hydrogen (secondary N) is 1. The number of hydrogen-bond donors (Lipinski definition) is 1. The molecule has 25 heavy (non-hydrogen) atoms. The van der Waals surface area contributed by atoms with E-state index in [9.17, 15) is 13.2 Å². The molecule has 0 heterocycles. The van der Waals surface area contributed by atoms with Gasteiger partial charge in [0.2, 0.25) is 10.0 Å². The lowest BCUT2D eigenvalue weighted by Gasteiger charge is -2.17. The van der Waals surface area contributed by atoms with Crippen molar-refractivity contribution in [3.8, 4) is 5.75 Å². The lowest BCUT2D eigenvalue weighted by Crippen LogP contribution is -2.25. The van der Waals surface area contributed by atoms with E-state index in [0.717, 1.165) is 10.6 Å². The summed E-state index contributed by atoms with van der Waals surface area (Å²) in [4.78, 5) is 12.5. The van der Waals surface area contributed by atoms with E-state index in [1.54, 1.807) is 36.4 Å². The van der Waals surface area contributed by atoms with Crippen LogP contribution in [0.4, 0.5) is 11.4 Å². The lowest BCUT2D eigenvalue weighted by molar-refractivity contribution is 0.102. The normalized spacial score (nSPS) is 11.2. The molecule has 0 saturated carbocycles. The van der Waals surface area contributed by atoms with Crippen LogP contribution in [-0.2, 0) is 10.0 Å². The molecule has 0 spiro atoms. The van der Waals surface area contributed by atoms with Gasteiger partial charge >= 0.3 is 0 Å². The van der Waals surface area contributed by atoms with Crippen LogP contribution in [0.25, 0.3) is 0 Å². The molecule has 2 aromatic rings. The van der Waals surface area contributed by atoms with Gasteiger partial charge in [-0.2, -0.15) is 0 Å². The minimum Gasteiger partial charge on any atom is -0.491 e. The molecular weight excluding hydrogens is 340 g/mol. The van der Waals surface area contributed by atoms with Crippen LogP contribution < -0.4 is 14.4 Å². The molecule has 0 unspecified atom stereocenters. The number of hydrogen-bond acceptors (Lipinski definition) is 4. The summed E-state index contributed by atoms with van der Waals surface area (Å²) in [5.74, 6) is 0.337. The number of amides is 1. The van der Waals surface area contributed by atoms with E-state index in [1.807, 2.05) is 19.9 Å². The third-order valence-electron chi connectivity index (χ3n) is 3.43. The van der Waals surface area contributed by atoms with Crippen molar-refractivity contribution in [2.24, 2.45) is 0 Å². The first-order valence-corrected chi connectivity index (χ1v) is 9.63. The molecular formula is C18H22N2O4S. The van der Waals surface area contributed by atoms with Crippen molar-refractivity contribution in [1.82, 2.24) is 0 Å². The Balaban J connectivity index is 2.19. The summed E-state index contributed by atoms with van der Waals surface area (Å²) in [6, 6.07) is 13.5. The van der Waals surface area contributed by atoms with Gasteiger partial charge in [-0.05, 0) is 44.2 Å². The SMILES string of the molecule is CC(C)Oc1cccc(NC(=O)c2cccc(N(C)S(C)(=O)=O)c2)c1. The predicted octanol–water partition coefficient (Wildman–Crippen LogP) is 3.12. The highest BCUT2D eigenvalue weighted by atomic mass is 32.2. The minimum absolute atomic E-state index is 0.0363. The van der Waals surface area contributed by atoms with E-state index in [2.05, 4.69) is 5.32 Å². The summed E-state index contributed by atoms with van der Waals surface area (Å²) in [5, 5.41) is 2.79. The van der Waals surface area contributed by atoms with Crippen molar-refractivity contribution in [2.75, 3.05) is 22.9 Å². The molecule has 134 valence electrons. The maximum atomic E-state index is 12.5. The highest BCUT2D eigenvalue weighted by Crippen LogP contribution is 2.21. The number of anilines is 2. The number of carbonyl (C=O) groups is 1. The fourth-order valence-electron chi connectivity index (χ4n) is 2.16. The van der Waals surface area contributed by atoms with E-state index < -0.39 is 10.0 Å². The molecule has 0 aromatic heterocycles. The fourth-order valence-corrected chi connectivity index (χ4v) is 2.65. The predicted molar refractivity (Wildman–Crippen MR) is 99.8 cm³/mol. The first-order chi connectivity index (χ1) is 11.7. The van der Waals surface area contributed by atoms with Crippen LogP contribution in [0.15, 0.2) is 48.5 Å². The molecule has 2 aromatic carbocycles. The van der Waals surface area contributed by atoms with Crippen molar-refractivity contribution >= 4 is 27.3 Å². The van der Waals surface area contributed by atoms with Crippen LogP contribution in [0.5, 0.6) is 5.75 Å². The number of carbonyl (C=O) groups excluding carboxylic acids is 1. The van der Waals surface area contributed by atoms with Crippen LogP contribution in [-0.4, -0.2) is 33.7 Å². The fraction of sp³-hybridized carbons (Fsp3) is 0.278. The average Bonchev–Trinajstić information content (AvgIpc) is 2.53. The topological polar surface area (TPSA) is 75.7 Å². The zero-order chi connectivity index (χ0) is 18.6. The Morgan fingerprint density at radius 1 is 1.12 bits per heavy atom. The third-order valence-corrected chi connectivity index (χ3v) is 4.64. The van der Waals surface area contributed by atoms with Gasteiger partial charge in [0.15, 0.2) is 0 Å². The zero-order valence-electron chi connectivity index (χ0n) is 14.7. The Bertz CT molecular complexity index is 863. The first kappa shape index (κ1) is 18.8. The van der Waals surface area contributed by atoms with E-state index >= 15 is 0 Å².